The Labute approximate surface area is 115 Å². The van der Waals surface area contributed by atoms with Crippen molar-refractivity contribution in [3.63, 3.8) is 0 Å². The summed E-state index contributed by atoms with van der Waals surface area (Å²) in [4.78, 5) is 16.0. The van der Waals surface area contributed by atoms with Gasteiger partial charge in [-0.25, -0.2) is 4.39 Å². The van der Waals surface area contributed by atoms with E-state index in [1.807, 2.05) is 0 Å². The van der Waals surface area contributed by atoms with Gasteiger partial charge in [0.05, 0.1) is 23.9 Å². The zero-order chi connectivity index (χ0) is 13.8. The number of ketones is 1. The first kappa shape index (κ1) is 13.5. The van der Waals surface area contributed by atoms with Gasteiger partial charge in [-0.3, -0.25) is 9.78 Å². The molecule has 19 heavy (non-hydrogen) atoms. The molecule has 5 heteroatoms. The Morgan fingerprint density at radius 1 is 1.42 bits per heavy atom. The largest absolute Gasteiger partial charge is 0.494 e. The van der Waals surface area contributed by atoms with Crippen molar-refractivity contribution in [1.82, 2.24) is 4.98 Å². The number of hydrogen-bond acceptors (Lipinski definition) is 3. The molecular formula is C14H11ClFNO2. The van der Waals surface area contributed by atoms with Gasteiger partial charge in [0.15, 0.2) is 5.78 Å². The number of ether oxygens (including phenoxy) is 1. The van der Waals surface area contributed by atoms with Crippen LogP contribution in [0.4, 0.5) is 4.39 Å². The van der Waals surface area contributed by atoms with Crippen molar-refractivity contribution < 1.29 is 13.9 Å². The number of hydrogen-bond donors (Lipinski definition) is 0. The summed E-state index contributed by atoms with van der Waals surface area (Å²) in [5.74, 6) is -0.347. The maximum Gasteiger partial charge on any atom is 0.171 e. The summed E-state index contributed by atoms with van der Waals surface area (Å²) < 4.78 is 18.4. The van der Waals surface area contributed by atoms with Crippen LogP contribution in [0, 0.1) is 5.82 Å². The zero-order valence-electron chi connectivity index (χ0n) is 10.2. The van der Waals surface area contributed by atoms with E-state index in [0.29, 0.717) is 16.9 Å². The Bertz CT molecular complexity index is 616. The molecule has 0 fully saturated rings. The van der Waals surface area contributed by atoms with Gasteiger partial charge in [0.25, 0.3) is 0 Å². The van der Waals surface area contributed by atoms with E-state index in [1.54, 1.807) is 12.1 Å². The summed E-state index contributed by atoms with van der Waals surface area (Å²) in [6.07, 6.45) is 2.97. The van der Waals surface area contributed by atoms with E-state index in [1.165, 1.54) is 31.6 Å². The Balaban J connectivity index is 2.28. The molecule has 0 N–H and O–H groups in total. The highest BCUT2D eigenvalue weighted by atomic mass is 35.5. The van der Waals surface area contributed by atoms with Crippen molar-refractivity contribution in [2.24, 2.45) is 0 Å². The molecule has 0 bridgehead atoms. The van der Waals surface area contributed by atoms with Crippen LogP contribution in [0.1, 0.15) is 15.9 Å². The fraction of sp³-hybridized carbons (Fsp3) is 0.143. The van der Waals surface area contributed by atoms with Gasteiger partial charge in [-0.05, 0) is 17.7 Å². The molecule has 0 aliphatic heterocycles. The number of benzene rings is 1. The van der Waals surface area contributed by atoms with E-state index in [0.717, 1.165) is 0 Å². The smallest absolute Gasteiger partial charge is 0.171 e. The SMILES string of the molecule is COc1cnccc1C(=O)Cc1cccc(F)c1Cl. The number of carbonyl (C=O) groups excluding carboxylic acids is 1. The molecule has 1 heterocycles. The third-order valence-electron chi connectivity index (χ3n) is 2.69. The van der Waals surface area contributed by atoms with E-state index < -0.39 is 5.82 Å². The molecule has 0 amide bonds. The van der Waals surface area contributed by atoms with Gasteiger partial charge in [-0.1, -0.05) is 23.7 Å². The van der Waals surface area contributed by atoms with E-state index in [2.05, 4.69) is 4.98 Å². The van der Waals surface area contributed by atoms with E-state index in [-0.39, 0.29) is 17.2 Å². The fourth-order valence-corrected chi connectivity index (χ4v) is 1.92. The van der Waals surface area contributed by atoms with Gasteiger partial charge >= 0.3 is 0 Å². The van der Waals surface area contributed by atoms with Gasteiger partial charge in [-0.2, -0.15) is 0 Å². The first-order valence-corrected chi connectivity index (χ1v) is 5.95. The summed E-state index contributed by atoms with van der Waals surface area (Å²) in [6.45, 7) is 0. The average Bonchev–Trinajstić information content (AvgIpc) is 2.43. The van der Waals surface area contributed by atoms with Crippen LogP contribution in [0.15, 0.2) is 36.7 Å². The Hall–Kier alpha value is -1.94. The molecule has 2 rings (SSSR count). The third-order valence-corrected chi connectivity index (χ3v) is 3.11. The van der Waals surface area contributed by atoms with Crippen LogP contribution >= 0.6 is 11.6 Å². The topological polar surface area (TPSA) is 39.2 Å². The van der Waals surface area contributed by atoms with Crippen LogP contribution < -0.4 is 4.74 Å². The first-order valence-electron chi connectivity index (χ1n) is 5.57. The molecule has 0 radical (unpaired) electrons. The summed E-state index contributed by atoms with van der Waals surface area (Å²) in [6, 6.07) is 5.96. The third kappa shape index (κ3) is 2.90. The molecule has 2 aromatic rings. The molecule has 0 aliphatic rings. The van der Waals surface area contributed by atoms with Crippen molar-refractivity contribution in [3.8, 4) is 5.75 Å². The predicted octanol–water partition coefficient (Wildman–Crippen LogP) is 3.31. The standard InChI is InChI=1S/C14H11ClFNO2/c1-19-13-8-17-6-5-10(13)12(18)7-9-3-2-4-11(16)14(9)15/h2-6,8H,7H2,1H3. The molecule has 0 atom stereocenters. The lowest BCUT2D eigenvalue weighted by atomic mass is 10.0. The molecule has 1 aromatic heterocycles. The molecule has 0 saturated heterocycles. The van der Waals surface area contributed by atoms with Crippen molar-refractivity contribution in [2.45, 2.75) is 6.42 Å². The second-order valence-corrected chi connectivity index (χ2v) is 4.27. The quantitative estimate of drug-likeness (QED) is 0.806. The molecular weight excluding hydrogens is 269 g/mol. The Morgan fingerprint density at radius 2 is 2.21 bits per heavy atom. The number of methoxy groups -OCH3 is 1. The van der Waals surface area contributed by atoms with E-state index in [4.69, 9.17) is 16.3 Å². The van der Waals surface area contributed by atoms with Crippen molar-refractivity contribution in [2.75, 3.05) is 7.11 Å². The van der Waals surface area contributed by atoms with Crippen LogP contribution in [0.25, 0.3) is 0 Å². The minimum atomic E-state index is -0.534. The fourth-order valence-electron chi connectivity index (χ4n) is 1.73. The molecule has 0 unspecified atom stereocenters. The lowest BCUT2D eigenvalue weighted by molar-refractivity contribution is 0.0990. The minimum absolute atomic E-state index is 0.0109. The van der Waals surface area contributed by atoms with E-state index >= 15 is 0 Å². The normalized spacial score (nSPS) is 10.3. The number of aromatic nitrogens is 1. The Kier molecular flexibility index (Phi) is 4.12. The van der Waals surface area contributed by atoms with Crippen molar-refractivity contribution >= 4 is 17.4 Å². The lowest BCUT2D eigenvalue weighted by Gasteiger charge is -2.08. The highest BCUT2D eigenvalue weighted by Gasteiger charge is 2.15. The molecule has 98 valence electrons. The number of pyridine rings is 1. The van der Waals surface area contributed by atoms with Gasteiger partial charge < -0.3 is 4.74 Å². The molecule has 3 nitrogen and oxygen atoms in total. The maximum atomic E-state index is 13.3. The highest BCUT2D eigenvalue weighted by molar-refractivity contribution is 6.31. The van der Waals surface area contributed by atoms with Gasteiger partial charge in [0.1, 0.15) is 11.6 Å². The lowest BCUT2D eigenvalue weighted by Crippen LogP contribution is -2.07. The van der Waals surface area contributed by atoms with Gasteiger partial charge in [-0.15, -0.1) is 0 Å². The molecule has 0 saturated carbocycles. The van der Waals surface area contributed by atoms with Crippen LogP contribution in [0.3, 0.4) is 0 Å². The van der Waals surface area contributed by atoms with E-state index in [9.17, 15) is 9.18 Å². The monoisotopic (exact) mass is 279 g/mol. The predicted molar refractivity (Wildman–Crippen MR) is 70.2 cm³/mol. The maximum absolute atomic E-state index is 13.3. The van der Waals surface area contributed by atoms with Crippen LogP contribution in [-0.2, 0) is 6.42 Å². The van der Waals surface area contributed by atoms with Crippen LogP contribution in [0.5, 0.6) is 5.75 Å². The minimum Gasteiger partial charge on any atom is -0.494 e. The number of Topliss-reactive ketones (excluding diaryl/α,β-unsaturated/α-hetero) is 1. The Morgan fingerprint density at radius 3 is 2.95 bits per heavy atom. The molecule has 0 aliphatic carbocycles. The zero-order valence-corrected chi connectivity index (χ0v) is 10.9. The number of carbonyl (C=O) groups is 1. The average molecular weight is 280 g/mol. The first-order chi connectivity index (χ1) is 9.13. The number of halogens is 2. The van der Waals surface area contributed by atoms with Crippen LogP contribution in [-0.4, -0.2) is 17.9 Å². The number of nitrogens with zero attached hydrogens (tertiary/aromatic N) is 1. The molecule has 1 aromatic carbocycles. The second-order valence-electron chi connectivity index (χ2n) is 3.89. The van der Waals surface area contributed by atoms with Gasteiger partial charge in [0.2, 0.25) is 0 Å². The van der Waals surface area contributed by atoms with Gasteiger partial charge in [0, 0.05) is 12.6 Å². The van der Waals surface area contributed by atoms with Crippen molar-refractivity contribution in [3.05, 3.63) is 58.6 Å². The summed E-state index contributed by atoms with van der Waals surface area (Å²) in [5, 5.41) is -0.0242. The second kappa shape index (κ2) is 5.80. The summed E-state index contributed by atoms with van der Waals surface area (Å²) >= 11 is 5.83. The highest BCUT2D eigenvalue weighted by Crippen LogP contribution is 2.23. The summed E-state index contributed by atoms with van der Waals surface area (Å²) in [7, 11) is 1.46. The summed E-state index contributed by atoms with van der Waals surface area (Å²) in [5.41, 5.74) is 0.850. The van der Waals surface area contributed by atoms with Crippen molar-refractivity contribution in [1.29, 1.82) is 0 Å². The van der Waals surface area contributed by atoms with Crippen LogP contribution in [0.2, 0.25) is 5.02 Å². The number of rotatable bonds is 4. The molecule has 0 spiro atoms.